The van der Waals surface area contributed by atoms with Crippen molar-refractivity contribution in [3.8, 4) is 28.7 Å². The average Bonchev–Trinajstić information content (AvgIpc) is 3.31. The monoisotopic (exact) mass is 485 g/mol. The van der Waals surface area contributed by atoms with Gasteiger partial charge in [0.25, 0.3) is 17.4 Å². The van der Waals surface area contributed by atoms with E-state index in [0.29, 0.717) is 28.8 Å². The van der Waals surface area contributed by atoms with E-state index in [1.807, 2.05) is 0 Å². The van der Waals surface area contributed by atoms with Gasteiger partial charge in [-0.2, -0.15) is 0 Å². The van der Waals surface area contributed by atoms with Crippen molar-refractivity contribution in [2.45, 2.75) is 18.9 Å². The number of urea groups is 1. The fourth-order valence-corrected chi connectivity index (χ4v) is 3.61. The van der Waals surface area contributed by atoms with E-state index in [4.69, 9.17) is 13.9 Å². The lowest BCUT2D eigenvalue weighted by Gasteiger charge is -2.34. The quantitative estimate of drug-likeness (QED) is 0.377. The van der Waals surface area contributed by atoms with E-state index in [0.717, 1.165) is 5.56 Å². The molecule has 0 saturated carbocycles. The molecule has 11 nitrogen and oxygen atoms in total. The Balaban J connectivity index is 1.33. The predicted molar refractivity (Wildman–Crippen MR) is 124 cm³/mol. The minimum absolute atomic E-state index is 0.129. The fourth-order valence-electron chi connectivity index (χ4n) is 3.61. The average molecular weight is 485 g/mol. The summed E-state index contributed by atoms with van der Waals surface area (Å²) in [6, 6.07) is 16.0. The van der Waals surface area contributed by atoms with E-state index in [1.54, 1.807) is 73.8 Å². The zero-order valence-corrected chi connectivity index (χ0v) is 18.9. The van der Waals surface area contributed by atoms with Gasteiger partial charge in [-0.15, -0.1) is 10.2 Å². The highest BCUT2D eigenvalue weighted by Crippen LogP contribution is 2.29. The molecule has 4 amide bonds. The molecule has 0 radical (unpaired) electrons. The van der Waals surface area contributed by atoms with Gasteiger partial charge < -0.3 is 13.9 Å². The first-order valence-corrected chi connectivity index (χ1v) is 10.8. The number of ether oxygens (including phenoxy) is 2. The molecule has 1 aliphatic heterocycles. The van der Waals surface area contributed by atoms with E-state index in [2.05, 4.69) is 25.8 Å². The van der Waals surface area contributed by atoms with Crippen LogP contribution in [-0.4, -0.2) is 38.6 Å². The number of rotatable bonds is 7. The molecule has 0 spiro atoms. The predicted octanol–water partition coefficient (Wildman–Crippen LogP) is 2.96. The van der Waals surface area contributed by atoms with Gasteiger partial charge >= 0.3 is 6.03 Å². The third kappa shape index (κ3) is 4.62. The minimum Gasteiger partial charge on any atom is -0.467 e. The van der Waals surface area contributed by atoms with Gasteiger partial charge in [0, 0.05) is 31.3 Å². The number of carbonyl (C=O) groups is 3. The number of hydrogen-bond acceptors (Lipinski definition) is 9. The van der Waals surface area contributed by atoms with Crippen LogP contribution < -0.4 is 20.1 Å². The van der Waals surface area contributed by atoms with Gasteiger partial charge in [0.2, 0.25) is 11.8 Å². The largest absolute Gasteiger partial charge is 0.467 e. The number of nitrogens with zero attached hydrogens (tertiary/aromatic N) is 3. The lowest BCUT2D eigenvalue weighted by Crippen LogP contribution is -2.70. The highest BCUT2D eigenvalue weighted by molar-refractivity contribution is 6.22. The Bertz CT molecular complexity index is 1400. The van der Waals surface area contributed by atoms with Crippen LogP contribution in [0, 0.1) is 6.92 Å². The van der Waals surface area contributed by atoms with Crippen LogP contribution in [0.15, 0.2) is 77.5 Å². The summed E-state index contributed by atoms with van der Waals surface area (Å²) in [5.41, 5.74) is -0.660. The number of aromatic nitrogens is 3. The molecule has 3 heterocycles. The molecule has 1 aliphatic rings. The topological polar surface area (TPSA) is 146 Å². The third-order valence-electron chi connectivity index (χ3n) is 5.34. The van der Waals surface area contributed by atoms with E-state index < -0.39 is 23.4 Å². The van der Waals surface area contributed by atoms with Crippen LogP contribution in [0.1, 0.15) is 11.5 Å². The second-order valence-corrected chi connectivity index (χ2v) is 7.93. The Morgan fingerprint density at radius 2 is 1.50 bits per heavy atom. The molecule has 11 heteroatoms. The Kier molecular flexibility index (Phi) is 5.87. The molecule has 1 fully saturated rings. The first-order chi connectivity index (χ1) is 17.4. The van der Waals surface area contributed by atoms with Crippen LogP contribution >= 0.6 is 0 Å². The van der Waals surface area contributed by atoms with Crippen molar-refractivity contribution in [1.29, 1.82) is 0 Å². The van der Waals surface area contributed by atoms with E-state index in [9.17, 15) is 14.4 Å². The van der Waals surface area contributed by atoms with Crippen molar-refractivity contribution in [3.05, 3.63) is 84.5 Å². The number of imide groups is 2. The number of aryl methyl sites for hydroxylation is 1. The number of amides is 4. The van der Waals surface area contributed by atoms with E-state index >= 15 is 0 Å². The number of carbonyl (C=O) groups excluding carboxylic acids is 3. The van der Waals surface area contributed by atoms with Crippen molar-refractivity contribution < 1.29 is 28.3 Å². The van der Waals surface area contributed by atoms with Crippen LogP contribution in [0.5, 0.6) is 17.2 Å². The number of nitrogens with one attached hydrogen (secondary N) is 2. The lowest BCUT2D eigenvalue weighted by molar-refractivity contribution is -0.151. The Morgan fingerprint density at radius 1 is 0.861 bits per heavy atom. The molecule has 2 aromatic carbocycles. The zero-order valence-electron chi connectivity index (χ0n) is 18.9. The maximum absolute atomic E-state index is 12.8. The van der Waals surface area contributed by atoms with E-state index in [-0.39, 0.29) is 12.2 Å². The first-order valence-electron chi connectivity index (χ1n) is 10.8. The van der Waals surface area contributed by atoms with Crippen LogP contribution in [0.25, 0.3) is 11.5 Å². The van der Waals surface area contributed by atoms with Gasteiger partial charge in [-0.05, 0) is 60.2 Å². The Morgan fingerprint density at radius 3 is 2.08 bits per heavy atom. The van der Waals surface area contributed by atoms with Gasteiger partial charge in [0.15, 0.2) is 0 Å². The van der Waals surface area contributed by atoms with Crippen LogP contribution in [0.2, 0.25) is 0 Å². The molecule has 2 aromatic heterocycles. The maximum atomic E-state index is 12.8. The van der Waals surface area contributed by atoms with Crippen LogP contribution in [0.4, 0.5) is 4.79 Å². The lowest BCUT2D eigenvalue weighted by atomic mass is 9.91. The highest BCUT2D eigenvalue weighted by Gasteiger charge is 2.53. The van der Waals surface area contributed by atoms with Crippen molar-refractivity contribution in [1.82, 2.24) is 25.8 Å². The molecule has 36 heavy (non-hydrogen) atoms. The smallest absolute Gasteiger partial charge is 0.328 e. The number of benzene rings is 2. The summed E-state index contributed by atoms with van der Waals surface area (Å²) >= 11 is 0. The highest BCUT2D eigenvalue weighted by atomic mass is 16.5. The second kappa shape index (κ2) is 9.29. The standard InChI is InChI=1S/C25H19N5O6/c1-15-29-30-21(34-15)17-4-6-18(7-5-17)35-19-8-10-20(11-9-19)36-25(13-16-3-2-12-26-14-16)22(31)27-24(33)28-23(25)32/h2-12,14H,13H2,1H3,(H2,27,28,31,32,33). The molecule has 1 saturated heterocycles. The van der Waals surface area contributed by atoms with Crippen molar-refractivity contribution in [2.75, 3.05) is 0 Å². The summed E-state index contributed by atoms with van der Waals surface area (Å²) < 4.78 is 17.2. The molecule has 0 bridgehead atoms. The molecule has 0 atom stereocenters. The summed E-state index contributed by atoms with van der Waals surface area (Å²) in [6.07, 6.45) is 2.96. The van der Waals surface area contributed by atoms with Gasteiger partial charge in [0.1, 0.15) is 17.2 Å². The van der Waals surface area contributed by atoms with Crippen LogP contribution in [0.3, 0.4) is 0 Å². The summed E-state index contributed by atoms with van der Waals surface area (Å²) in [5, 5.41) is 12.0. The van der Waals surface area contributed by atoms with Gasteiger partial charge in [0.05, 0.1) is 0 Å². The minimum atomic E-state index is -2.00. The molecule has 180 valence electrons. The first kappa shape index (κ1) is 22.7. The Labute approximate surface area is 204 Å². The van der Waals surface area contributed by atoms with Gasteiger partial charge in [-0.25, -0.2) is 4.79 Å². The molecule has 5 rings (SSSR count). The summed E-state index contributed by atoms with van der Waals surface area (Å²) in [5.74, 6) is 0.462. The van der Waals surface area contributed by atoms with Gasteiger partial charge in [-0.1, -0.05) is 6.07 Å². The van der Waals surface area contributed by atoms with Gasteiger partial charge in [-0.3, -0.25) is 25.2 Å². The van der Waals surface area contributed by atoms with Crippen molar-refractivity contribution in [3.63, 3.8) is 0 Å². The fraction of sp³-hybridized carbons (Fsp3) is 0.120. The summed E-state index contributed by atoms with van der Waals surface area (Å²) in [6.45, 7) is 1.72. The van der Waals surface area contributed by atoms with Crippen molar-refractivity contribution in [2.24, 2.45) is 0 Å². The number of barbiturate groups is 1. The van der Waals surface area contributed by atoms with Crippen LogP contribution in [-0.2, 0) is 16.0 Å². The summed E-state index contributed by atoms with van der Waals surface area (Å²) in [4.78, 5) is 41.3. The maximum Gasteiger partial charge on any atom is 0.328 e. The van der Waals surface area contributed by atoms with E-state index in [1.165, 1.54) is 6.20 Å². The number of hydrogen-bond donors (Lipinski definition) is 2. The number of pyridine rings is 1. The Hall–Kier alpha value is -5.06. The van der Waals surface area contributed by atoms with Crippen molar-refractivity contribution >= 4 is 17.8 Å². The molecule has 2 N–H and O–H groups in total. The zero-order chi connectivity index (χ0) is 25.1. The third-order valence-corrected chi connectivity index (χ3v) is 5.34. The summed E-state index contributed by atoms with van der Waals surface area (Å²) in [7, 11) is 0. The normalized spacial score (nSPS) is 14.6. The molecule has 4 aromatic rings. The molecule has 0 aliphatic carbocycles. The molecular formula is C25H19N5O6. The molecular weight excluding hydrogens is 466 g/mol. The molecule has 0 unspecified atom stereocenters. The SMILES string of the molecule is Cc1nnc(-c2ccc(Oc3ccc(OC4(Cc5cccnc5)C(=O)NC(=O)NC4=O)cc3)cc2)o1. The second-order valence-electron chi connectivity index (χ2n) is 7.93.